The molecular formula is C27H53NO2. The lowest BCUT2D eigenvalue weighted by atomic mass is 9.96. The number of ether oxygens (including phenoxy) is 1. The van der Waals surface area contributed by atoms with Crippen molar-refractivity contribution >= 4 is 5.97 Å². The van der Waals surface area contributed by atoms with Crippen LogP contribution in [-0.4, -0.2) is 37.1 Å². The zero-order chi connectivity index (χ0) is 22.7. The van der Waals surface area contributed by atoms with Crippen LogP contribution in [0.5, 0.6) is 0 Å². The number of hydrogen-bond donors (Lipinski definition) is 0. The highest BCUT2D eigenvalue weighted by molar-refractivity contribution is 5.87. The molecule has 0 radical (unpaired) electrons. The van der Waals surface area contributed by atoms with Gasteiger partial charge in [0, 0.05) is 12.1 Å². The van der Waals surface area contributed by atoms with Crippen molar-refractivity contribution < 1.29 is 9.53 Å². The van der Waals surface area contributed by atoms with Crippen LogP contribution in [0.2, 0.25) is 0 Å². The second-order valence-electron chi connectivity index (χ2n) is 9.91. The first kappa shape index (κ1) is 29.2. The molecule has 3 heteroatoms. The Morgan fingerprint density at radius 2 is 1.13 bits per heavy atom. The van der Waals surface area contributed by atoms with Gasteiger partial charge < -0.3 is 9.64 Å². The molecule has 0 aliphatic carbocycles. The zero-order valence-corrected chi connectivity index (χ0v) is 21.2. The lowest BCUT2D eigenvalue weighted by Gasteiger charge is -2.32. The molecule has 30 heavy (non-hydrogen) atoms. The molecular weight excluding hydrogens is 370 g/mol. The molecule has 0 aromatic heterocycles. The van der Waals surface area contributed by atoms with Crippen LogP contribution in [0, 0.1) is 0 Å². The summed E-state index contributed by atoms with van der Waals surface area (Å²) in [6, 6.07) is 0. The van der Waals surface area contributed by atoms with E-state index in [2.05, 4.69) is 25.3 Å². The monoisotopic (exact) mass is 423 g/mol. The van der Waals surface area contributed by atoms with E-state index in [0.717, 1.165) is 19.4 Å². The highest BCUT2D eigenvalue weighted by Crippen LogP contribution is 2.23. The minimum Gasteiger partial charge on any atom is -0.455 e. The van der Waals surface area contributed by atoms with Crippen LogP contribution in [0.4, 0.5) is 0 Å². The van der Waals surface area contributed by atoms with Crippen molar-refractivity contribution in [1.29, 1.82) is 0 Å². The van der Waals surface area contributed by atoms with Crippen molar-refractivity contribution in [1.82, 2.24) is 4.90 Å². The Labute approximate surface area is 189 Å². The van der Waals surface area contributed by atoms with Crippen LogP contribution in [0.25, 0.3) is 0 Å². The third-order valence-electron chi connectivity index (χ3n) is 5.90. The molecule has 0 fully saturated rings. The molecule has 0 saturated heterocycles. The Kier molecular flexibility index (Phi) is 18.4. The topological polar surface area (TPSA) is 29.5 Å². The highest BCUT2D eigenvalue weighted by Gasteiger charge is 2.29. The molecule has 0 aromatic carbocycles. The van der Waals surface area contributed by atoms with Gasteiger partial charge in [-0.05, 0) is 40.8 Å². The summed E-state index contributed by atoms with van der Waals surface area (Å²) in [5, 5.41) is 0. The van der Waals surface area contributed by atoms with Crippen molar-refractivity contribution in [2.24, 2.45) is 0 Å². The first-order chi connectivity index (χ1) is 14.3. The second-order valence-corrected chi connectivity index (χ2v) is 9.91. The van der Waals surface area contributed by atoms with Gasteiger partial charge in [-0.2, -0.15) is 0 Å². The van der Waals surface area contributed by atoms with Crippen LogP contribution in [-0.2, 0) is 9.53 Å². The molecule has 0 aliphatic heterocycles. The van der Waals surface area contributed by atoms with Crippen LogP contribution in [0.15, 0.2) is 12.2 Å². The maximum absolute atomic E-state index is 12.0. The third kappa shape index (κ3) is 18.0. The molecule has 0 amide bonds. The fourth-order valence-electron chi connectivity index (χ4n) is 4.19. The van der Waals surface area contributed by atoms with E-state index >= 15 is 0 Å². The van der Waals surface area contributed by atoms with Crippen molar-refractivity contribution in [3.8, 4) is 0 Å². The van der Waals surface area contributed by atoms with E-state index in [4.69, 9.17) is 4.74 Å². The van der Waals surface area contributed by atoms with Crippen LogP contribution in [0.3, 0.4) is 0 Å². The van der Waals surface area contributed by atoms with Crippen molar-refractivity contribution in [2.45, 2.75) is 136 Å². The number of carbonyl (C=O) groups excluding carboxylic acids is 1. The van der Waals surface area contributed by atoms with E-state index in [1.54, 1.807) is 6.92 Å². The summed E-state index contributed by atoms with van der Waals surface area (Å²) in [6.45, 7) is 10.5. The fraction of sp³-hybridized carbons (Fsp3) is 0.889. The van der Waals surface area contributed by atoms with E-state index in [1.807, 2.05) is 14.1 Å². The molecule has 1 unspecified atom stereocenters. The van der Waals surface area contributed by atoms with Gasteiger partial charge in [-0.1, -0.05) is 110 Å². The molecule has 0 rings (SSSR count). The van der Waals surface area contributed by atoms with Gasteiger partial charge in [-0.15, -0.1) is 0 Å². The predicted octanol–water partition coefficient (Wildman–Crippen LogP) is 8.08. The first-order valence-electron chi connectivity index (χ1n) is 12.8. The number of carbonyl (C=O) groups is 1. The van der Waals surface area contributed by atoms with E-state index in [0.29, 0.717) is 5.57 Å². The third-order valence-corrected chi connectivity index (χ3v) is 5.90. The van der Waals surface area contributed by atoms with Crippen molar-refractivity contribution in [2.75, 3.05) is 20.6 Å². The van der Waals surface area contributed by atoms with Crippen LogP contribution >= 0.6 is 0 Å². The van der Waals surface area contributed by atoms with E-state index in [9.17, 15) is 4.79 Å². The quantitative estimate of drug-likeness (QED) is 0.106. The van der Waals surface area contributed by atoms with E-state index in [-0.39, 0.29) is 5.97 Å². The van der Waals surface area contributed by atoms with Crippen molar-refractivity contribution in [3.63, 3.8) is 0 Å². The second kappa shape index (κ2) is 18.9. The molecule has 1 atom stereocenters. The van der Waals surface area contributed by atoms with Gasteiger partial charge >= 0.3 is 5.97 Å². The molecule has 0 spiro atoms. The van der Waals surface area contributed by atoms with Gasteiger partial charge in [0.25, 0.3) is 0 Å². The lowest BCUT2D eigenvalue weighted by Crippen LogP contribution is -2.41. The summed E-state index contributed by atoms with van der Waals surface area (Å²) < 4.78 is 5.75. The minimum absolute atomic E-state index is 0.268. The average Bonchev–Trinajstić information content (AvgIpc) is 2.66. The van der Waals surface area contributed by atoms with Crippen LogP contribution in [0.1, 0.15) is 130 Å². The van der Waals surface area contributed by atoms with E-state index in [1.165, 1.54) is 96.3 Å². The molecule has 0 bridgehead atoms. The Bertz CT molecular complexity index is 433. The fourth-order valence-corrected chi connectivity index (χ4v) is 4.19. The van der Waals surface area contributed by atoms with Gasteiger partial charge in [0.15, 0.2) is 0 Å². The lowest BCUT2D eigenvalue weighted by molar-refractivity contribution is -0.155. The van der Waals surface area contributed by atoms with Gasteiger partial charge in [-0.25, -0.2) is 4.79 Å². The smallest absolute Gasteiger partial charge is 0.333 e. The number of esters is 1. The zero-order valence-electron chi connectivity index (χ0n) is 21.2. The van der Waals surface area contributed by atoms with Crippen molar-refractivity contribution in [3.05, 3.63) is 12.2 Å². The Hall–Kier alpha value is -0.830. The molecule has 0 aromatic rings. The number of hydrogen-bond acceptors (Lipinski definition) is 3. The van der Waals surface area contributed by atoms with Gasteiger partial charge in [0.1, 0.15) is 5.60 Å². The molecule has 0 aliphatic rings. The molecule has 0 heterocycles. The summed E-state index contributed by atoms with van der Waals surface area (Å²) >= 11 is 0. The number of unbranched alkanes of at least 4 members (excludes halogenated alkanes) is 15. The molecule has 178 valence electrons. The summed E-state index contributed by atoms with van der Waals surface area (Å²) in [5.74, 6) is -0.268. The molecule has 0 N–H and O–H groups in total. The standard InChI is InChI=1S/C27H53NO2/c1-7-8-9-10-11-12-13-14-15-16-17-18-19-20-21-22-23-27(4,24-28(5)6)30-26(29)25(2)3/h2,7-24H2,1,3-6H3. The summed E-state index contributed by atoms with van der Waals surface area (Å²) in [5.41, 5.74) is 0.0576. The Morgan fingerprint density at radius 3 is 1.47 bits per heavy atom. The van der Waals surface area contributed by atoms with Gasteiger partial charge in [0.2, 0.25) is 0 Å². The molecule has 3 nitrogen and oxygen atoms in total. The van der Waals surface area contributed by atoms with Gasteiger partial charge in [-0.3, -0.25) is 0 Å². The van der Waals surface area contributed by atoms with Crippen LogP contribution < -0.4 is 0 Å². The molecule has 0 saturated carbocycles. The Morgan fingerprint density at radius 1 is 0.767 bits per heavy atom. The maximum atomic E-state index is 12.0. The number of rotatable bonds is 21. The normalized spacial score (nSPS) is 13.4. The number of nitrogens with zero attached hydrogens (tertiary/aromatic N) is 1. The Balaban J connectivity index is 3.63. The van der Waals surface area contributed by atoms with Gasteiger partial charge in [0.05, 0.1) is 0 Å². The summed E-state index contributed by atoms with van der Waals surface area (Å²) in [4.78, 5) is 14.1. The predicted molar refractivity (Wildman–Crippen MR) is 132 cm³/mol. The number of likely N-dealkylation sites (N-methyl/N-ethyl adjacent to an activating group) is 1. The minimum atomic E-state index is -0.421. The SMILES string of the molecule is C=C(C)C(=O)OC(C)(CCCCCCCCCCCCCCCCCC)CN(C)C. The van der Waals surface area contributed by atoms with E-state index < -0.39 is 5.60 Å². The largest absolute Gasteiger partial charge is 0.455 e. The summed E-state index contributed by atoms with van der Waals surface area (Å²) in [6.07, 6.45) is 22.9. The maximum Gasteiger partial charge on any atom is 0.333 e. The first-order valence-corrected chi connectivity index (χ1v) is 12.8. The highest BCUT2D eigenvalue weighted by atomic mass is 16.6. The average molecular weight is 424 g/mol. The summed E-state index contributed by atoms with van der Waals surface area (Å²) in [7, 11) is 4.06.